The summed E-state index contributed by atoms with van der Waals surface area (Å²) in [6, 6.07) is 6.67. The lowest BCUT2D eigenvalue weighted by molar-refractivity contribution is 0.406. The first-order valence-electron chi connectivity index (χ1n) is 2.54. The number of benzene rings is 1. The molecule has 0 aliphatic heterocycles. The lowest BCUT2D eigenvalue weighted by atomic mass is 10.3. The van der Waals surface area contributed by atoms with E-state index in [0.29, 0.717) is 5.75 Å². The topological polar surface area (TPSA) is 29.5 Å². The SMILES string of the molecule is [CH2]Oc1ccccc1O. The molecular formula is C7H7O2. The molecule has 0 aliphatic rings. The fourth-order valence-corrected chi connectivity index (χ4v) is 0.579. The molecule has 0 amide bonds. The van der Waals surface area contributed by atoms with Gasteiger partial charge in [0.15, 0.2) is 11.5 Å². The number of para-hydroxylation sites is 2. The van der Waals surface area contributed by atoms with E-state index in [1.807, 2.05) is 0 Å². The summed E-state index contributed by atoms with van der Waals surface area (Å²) in [6.07, 6.45) is 0. The first-order chi connectivity index (χ1) is 4.34. The van der Waals surface area contributed by atoms with Crippen molar-refractivity contribution in [2.45, 2.75) is 0 Å². The van der Waals surface area contributed by atoms with Crippen molar-refractivity contribution in [1.82, 2.24) is 0 Å². The third-order valence-corrected chi connectivity index (χ3v) is 1.02. The summed E-state index contributed by atoms with van der Waals surface area (Å²) in [7, 11) is 3.16. The minimum absolute atomic E-state index is 0.118. The molecule has 1 N–H and O–H groups in total. The van der Waals surface area contributed by atoms with Gasteiger partial charge in [-0.15, -0.1) is 0 Å². The van der Waals surface area contributed by atoms with E-state index in [9.17, 15) is 0 Å². The van der Waals surface area contributed by atoms with Gasteiger partial charge >= 0.3 is 0 Å². The third kappa shape index (κ3) is 1.13. The van der Waals surface area contributed by atoms with Crippen molar-refractivity contribution in [2.24, 2.45) is 0 Å². The van der Waals surface area contributed by atoms with E-state index >= 15 is 0 Å². The van der Waals surface area contributed by atoms with Crippen molar-refractivity contribution in [3.63, 3.8) is 0 Å². The molecule has 1 rings (SSSR count). The van der Waals surface area contributed by atoms with Gasteiger partial charge in [0.2, 0.25) is 0 Å². The molecule has 0 fully saturated rings. The van der Waals surface area contributed by atoms with E-state index in [-0.39, 0.29) is 5.75 Å². The normalized spacial score (nSPS) is 9.00. The van der Waals surface area contributed by atoms with Gasteiger partial charge in [0.25, 0.3) is 0 Å². The van der Waals surface area contributed by atoms with Gasteiger partial charge < -0.3 is 9.84 Å². The molecule has 0 atom stereocenters. The maximum absolute atomic E-state index is 8.95. The van der Waals surface area contributed by atoms with Crippen LogP contribution >= 0.6 is 0 Å². The van der Waals surface area contributed by atoms with E-state index < -0.39 is 0 Å². The van der Waals surface area contributed by atoms with Crippen LogP contribution in [0.5, 0.6) is 11.5 Å². The second-order valence-electron chi connectivity index (χ2n) is 1.61. The second-order valence-corrected chi connectivity index (χ2v) is 1.61. The van der Waals surface area contributed by atoms with Crippen LogP contribution in [0, 0.1) is 7.11 Å². The summed E-state index contributed by atoms with van der Waals surface area (Å²) in [5.41, 5.74) is 0. The molecule has 0 unspecified atom stereocenters. The van der Waals surface area contributed by atoms with Crippen LogP contribution in [0.25, 0.3) is 0 Å². The summed E-state index contributed by atoms with van der Waals surface area (Å²) >= 11 is 0. The largest absolute Gasteiger partial charge is 0.504 e. The molecule has 0 heterocycles. The zero-order chi connectivity index (χ0) is 6.69. The molecule has 47 valence electrons. The Morgan fingerprint density at radius 2 is 2.00 bits per heavy atom. The molecule has 1 aromatic carbocycles. The van der Waals surface area contributed by atoms with Crippen LogP contribution in [-0.4, -0.2) is 5.11 Å². The number of hydrogen-bond acceptors (Lipinski definition) is 2. The van der Waals surface area contributed by atoms with Gasteiger partial charge in [0.05, 0.1) is 0 Å². The first kappa shape index (κ1) is 5.95. The van der Waals surface area contributed by atoms with Crippen LogP contribution < -0.4 is 4.74 Å². The van der Waals surface area contributed by atoms with Crippen molar-refractivity contribution >= 4 is 0 Å². The smallest absolute Gasteiger partial charge is 0.161 e. The van der Waals surface area contributed by atoms with E-state index in [1.54, 1.807) is 24.3 Å². The molecule has 0 aliphatic carbocycles. The molecular weight excluding hydrogens is 116 g/mol. The Kier molecular flexibility index (Phi) is 1.58. The fourth-order valence-electron chi connectivity index (χ4n) is 0.579. The predicted octanol–water partition coefficient (Wildman–Crippen LogP) is 1.56. The van der Waals surface area contributed by atoms with Crippen LogP contribution in [0.3, 0.4) is 0 Å². The summed E-state index contributed by atoms with van der Waals surface area (Å²) in [5, 5.41) is 8.95. The molecule has 2 heteroatoms. The Bertz CT molecular complexity index is 196. The molecule has 9 heavy (non-hydrogen) atoms. The number of ether oxygens (including phenoxy) is 1. The highest BCUT2D eigenvalue weighted by Crippen LogP contribution is 2.23. The monoisotopic (exact) mass is 123 g/mol. The first-order valence-corrected chi connectivity index (χ1v) is 2.54. The van der Waals surface area contributed by atoms with E-state index in [1.165, 1.54) is 0 Å². The summed E-state index contributed by atoms with van der Waals surface area (Å²) in [5.74, 6) is 0.519. The van der Waals surface area contributed by atoms with Crippen molar-refractivity contribution in [3.8, 4) is 11.5 Å². The molecule has 0 saturated carbocycles. The van der Waals surface area contributed by atoms with E-state index in [4.69, 9.17) is 5.11 Å². The predicted molar refractivity (Wildman–Crippen MR) is 34.1 cm³/mol. The van der Waals surface area contributed by atoms with Crippen molar-refractivity contribution in [2.75, 3.05) is 0 Å². The maximum atomic E-state index is 8.95. The van der Waals surface area contributed by atoms with E-state index in [0.717, 1.165) is 0 Å². The van der Waals surface area contributed by atoms with Crippen molar-refractivity contribution < 1.29 is 9.84 Å². The average Bonchev–Trinajstić information content (AvgIpc) is 1.89. The van der Waals surface area contributed by atoms with Crippen molar-refractivity contribution in [1.29, 1.82) is 0 Å². The van der Waals surface area contributed by atoms with Crippen molar-refractivity contribution in [3.05, 3.63) is 31.4 Å². The second kappa shape index (κ2) is 2.40. The Labute approximate surface area is 53.7 Å². The number of aromatic hydroxyl groups is 1. The molecule has 1 radical (unpaired) electrons. The number of hydrogen-bond donors (Lipinski definition) is 1. The van der Waals surface area contributed by atoms with Gasteiger partial charge in [0.1, 0.15) is 7.11 Å². The number of phenolic OH excluding ortho intramolecular Hbond substituents is 1. The van der Waals surface area contributed by atoms with E-state index in [2.05, 4.69) is 11.8 Å². The van der Waals surface area contributed by atoms with Crippen LogP contribution in [0.2, 0.25) is 0 Å². The fraction of sp³-hybridized carbons (Fsp3) is 0. The highest BCUT2D eigenvalue weighted by molar-refractivity contribution is 5.37. The minimum Gasteiger partial charge on any atom is -0.504 e. The van der Waals surface area contributed by atoms with Gasteiger partial charge in [-0.05, 0) is 12.1 Å². The lowest BCUT2D eigenvalue weighted by Crippen LogP contribution is -1.77. The highest BCUT2D eigenvalue weighted by Gasteiger charge is 1.94. The lowest BCUT2D eigenvalue weighted by Gasteiger charge is -1.98. The third-order valence-electron chi connectivity index (χ3n) is 1.02. The molecule has 0 bridgehead atoms. The summed E-state index contributed by atoms with van der Waals surface area (Å²) in [4.78, 5) is 0. The van der Waals surface area contributed by atoms with Gasteiger partial charge in [-0.2, -0.15) is 0 Å². The Morgan fingerprint density at radius 3 is 2.44 bits per heavy atom. The molecule has 0 aromatic heterocycles. The molecule has 0 spiro atoms. The quantitative estimate of drug-likeness (QED) is 0.614. The summed E-state index contributed by atoms with van der Waals surface area (Å²) < 4.78 is 4.54. The number of rotatable bonds is 1. The standard InChI is InChI=1S/C7H7O2/c1-9-7-5-3-2-4-6(7)8/h2-5,8H,1H2. The highest BCUT2D eigenvalue weighted by atomic mass is 16.5. The van der Waals surface area contributed by atoms with Gasteiger partial charge in [0, 0.05) is 0 Å². The molecule has 2 nitrogen and oxygen atoms in total. The van der Waals surface area contributed by atoms with Crippen LogP contribution in [0.15, 0.2) is 24.3 Å². The Hall–Kier alpha value is -1.18. The maximum Gasteiger partial charge on any atom is 0.161 e. The van der Waals surface area contributed by atoms with Crippen LogP contribution in [0.4, 0.5) is 0 Å². The van der Waals surface area contributed by atoms with Gasteiger partial charge in [-0.25, -0.2) is 0 Å². The Balaban J connectivity index is 3.01. The Morgan fingerprint density at radius 1 is 1.33 bits per heavy atom. The zero-order valence-corrected chi connectivity index (χ0v) is 4.87. The van der Waals surface area contributed by atoms with Crippen LogP contribution in [-0.2, 0) is 0 Å². The zero-order valence-electron chi connectivity index (χ0n) is 4.87. The average molecular weight is 123 g/mol. The summed E-state index contributed by atoms with van der Waals surface area (Å²) in [6.45, 7) is 0. The van der Waals surface area contributed by atoms with Gasteiger partial charge in [-0.3, -0.25) is 0 Å². The molecule has 0 saturated heterocycles. The van der Waals surface area contributed by atoms with Gasteiger partial charge in [-0.1, -0.05) is 12.1 Å². The number of phenols is 1. The minimum atomic E-state index is 0.118. The molecule has 1 aromatic rings. The van der Waals surface area contributed by atoms with Crippen LogP contribution in [0.1, 0.15) is 0 Å².